The summed E-state index contributed by atoms with van der Waals surface area (Å²) < 4.78 is 10.9. The molecule has 3 rings (SSSR count). The van der Waals surface area contributed by atoms with Crippen LogP contribution in [0.1, 0.15) is 23.3 Å². The molecule has 1 aliphatic rings. The van der Waals surface area contributed by atoms with Crippen molar-refractivity contribution in [1.82, 2.24) is 10.1 Å². The van der Waals surface area contributed by atoms with E-state index in [1.807, 2.05) is 31.2 Å². The van der Waals surface area contributed by atoms with Crippen LogP contribution < -0.4 is 0 Å². The minimum absolute atomic E-state index is 0.0430. The Morgan fingerprint density at radius 2 is 2.12 bits per heavy atom. The van der Waals surface area contributed by atoms with E-state index in [9.17, 15) is 9.90 Å². The minimum atomic E-state index is -0.741. The molecule has 1 saturated heterocycles. The molecule has 1 unspecified atom stereocenters. The molecule has 0 aliphatic carbocycles. The van der Waals surface area contributed by atoms with Crippen molar-refractivity contribution >= 4 is 5.91 Å². The fourth-order valence-electron chi connectivity index (χ4n) is 3.15. The molecule has 0 bridgehead atoms. The Morgan fingerprint density at radius 1 is 1.32 bits per heavy atom. The Bertz CT molecular complexity index is 684. The van der Waals surface area contributed by atoms with Crippen molar-refractivity contribution < 1.29 is 19.2 Å². The lowest BCUT2D eigenvalue weighted by Crippen LogP contribution is -2.56. The van der Waals surface area contributed by atoms with Crippen LogP contribution in [0.5, 0.6) is 0 Å². The van der Waals surface area contributed by atoms with Gasteiger partial charge in [0.2, 0.25) is 5.91 Å². The predicted octanol–water partition coefficient (Wildman–Crippen LogP) is 1.75. The van der Waals surface area contributed by atoms with Crippen LogP contribution in [-0.2, 0) is 22.4 Å². The van der Waals surface area contributed by atoms with Crippen LogP contribution in [0.3, 0.4) is 0 Å². The largest absolute Gasteiger partial charge is 0.393 e. The molecule has 2 heterocycles. The van der Waals surface area contributed by atoms with Gasteiger partial charge in [0.1, 0.15) is 11.4 Å². The van der Waals surface area contributed by atoms with Gasteiger partial charge >= 0.3 is 0 Å². The van der Waals surface area contributed by atoms with E-state index in [0.717, 1.165) is 5.56 Å². The van der Waals surface area contributed by atoms with E-state index in [-0.39, 0.29) is 12.5 Å². The van der Waals surface area contributed by atoms with Crippen LogP contribution in [0, 0.1) is 6.92 Å². The van der Waals surface area contributed by atoms with Gasteiger partial charge < -0.3 is 19.3 Å². The number of rotatable bonds is 6. The number of nitrogens with zero attached hydrogens (tertiary/aromatic N) is 2. The molecule has 6 nitrogen and oxygen atoms in total. The van der Waals surface area contributed by atoms with E-state index in [1.54, 1.807) is 17.2 Å². The Hall–Kier alpha value is -2.18. The number of amides is 1. The van der Waals surface area contributed by atoms with Crippen LogP contribution in [0.15, 0.2) is 41.1 Å². The molecular formula is C19H24N2O4. The summed E-state index contributed by atoms with van der Waals surface area (Å²) >= 11 is 0. The van der Waals surface area contributed by atoms with Crippen molar-refractivity contribution in [2.24, 2.45) is 0 Å². The normalized spacial score (nSPS) is 20.6. The van der Waals surface area contributed by atoms with Crippen LogP contribution in [0.25, 0.3) is 0 Å². The zero-order valence-corrected chi connectivity index (χ0v) is 14.5. The van der Waals surface area contributed by atoms with E-state index in [1.165, 1.54) is 5.56 Å². The predicted molar refractivity (Wildman–Crippen MR) is 92.1 cm³/mol. The molecule has 1 aliphatic heterocycles. The average Bonchev–Trinajstić information content (AvgIpc) is 3.15. The van der Waals surface area contributed by atoms with Crippen LogP contribution in [0.4, 0.5) is 0 Å². The summed E-state index contributed by atoms with van der Waals surface area (Å²) in [5, 5.41) is 13.6. The maximum Gasteiger partial charge on any atom is 0.223 e. The summed E-state index contributed by atoms with van der Waals surface area (Å²) in [7, 11) is 0. The number of aliphatic hydroxyl groups excluding tert-OH is 1. The van der Waals surface area contributed by atoms with Gasteiger partial charge in [-0.1, -0.05) is 35.0 Å². The second-order valence-corrected chi connectivity index (χ2v) is 6.65. The molecule has 2 aromatic rings. The van der Waals surface area contributed by atoms with Gasteiger partial charge in [0.05, 0.1) is 26.0 Å². The highest BCUT2D eigenvalue weighted by atomic mass is 16.5. The number of aliphatic hydroxyl groups is 1. The molecule has 0 spiro atoms. The number of aromatic nitrogens is 1. The number of ether oxygens (including phenoxy) is 1. The fourth-order valence-corrected chi connectivity index (χ4v) is 3.15. The van der Waals surface area contributed by atoms with Crippen molar-refractivity contribution in [3.63, 3.8) is 0 Å². The average molecular weight is 344 g/mol. The topological polar surface area (TPSA) is 75.8 Å². The standard InChI is InChI=1S/C19H24N2O4/c1-15-2-4-16(5-3-15)12-19(14-22)13-21(10-11-24-19)18(23)7-6-17-8-9-20-25-17/h2-5,8-9,22H,6-7,10-14H2,1H3. The van der Waals surface area contributed by atoms with E-state index in [4.69, 9.17) is 9.26 Å². The maximum absolute atomic E-state index is 12.5. The summed E-state index contributed by atoms with van der Waals surface area (Å²) in [6.07, 6.45) is 3.05. The number of carbonyl (C=O) groups is 1. The molecule has 1 N–H and O–H groups in total. The maximum atomic E-state index is 12.5. The molecule has 1 aromatic carbocycles. The number of hydrogen-bond acceptors (Lipinski definition) is 5. The van der Waals surface area contributed by atoms with Gasteiger partial charge in [0, 0.05) is 31.9 Å². The van der Waals surface area contributed by atoms with Gasteiger partial charge in [-0.25, -0.2) is 0 Å². The number of hydrogen-bond donors (Lipinski definition) is 1. The van der Waals surface area contributed by atoms with Crippen LogP contribution in [-0.4, -0.2) is 53.0 Å². The first-order valence-electron chi connectivity index (χ1n) is 8.58. The van der Waals surface area contributed by atoms with Crippen molar-refractivity contribution in [1.29, 1.82) is 0 Å². The first-order valence-corrected chi connectivity index (χ1v) is 8.58. The van der Waals surface area contributed by atoms with Crippen molar-refractivity contribution in [2.45, 2.75) is 31.8 Å². The highest BCUT2D eigenvalue weighted by molar-refractivity contribution is 5.76. The number of aryl methyl sites for hydroxylation is 2. The van der Waals surface area contributed by atoms with Crippen molar-refractivity contribution in [3.8, 4) is 0 Å². The lowest BCUT2D eigenvalue weighted by atomic mass is 9.92. The first-order chi connectivity index (χ1) is 12.1. The highest BCUT2D eigenvalue weighted by Gasteiger charge is 2.38. The molecule has 0 radical (unpaired) electrons. The summed E-state index contributed by atoms with van der Waals surface area (Å²) in [5.41, 5.74) is 1.54. The van der Waals surface area contributed by atoms with E-state index >= 15 is 0 Å². The third-order valence-corrected chi connectivity index (χ3v) is 4.61. The summed E-state index contributed by atoms with van der Waals surface area (Å²) in [6.45, 7) is 3.29. The van der Waals surface area contributed by atoms with Crippen LogP contribution in [0.2, 0.25) is 0 Å². The van der Waals surface area contributed by atoms with Crippen molar-refractivity contribution in [2.75, 3.05) is 26.3 Å². The second kappa shape index (κ2) is 7.80. The molecule has 0 saturated carbocycles. The SMILES string of the molecule is Cc1ccc(CC2(CO)CN(C(=O)CCc3ccno3)CCO2)cc1. The lowest BCUT2D eigenvalue weighted by Gasteiger charge is -2.42. The summed E-state index contributed by atoms with van der Waals surface area (Å²) in [5.74, 6) is 0.746. The van der Waals surface area contributed by atoms with Gasteiger partial charge in [-0.2, -0.15) is 0 Å². The molecule has 1 atom stereocenters. The third-order valence-electron chi connectivity index (χ3n) is 4.61. The van der Waals surface area contributed by atoms with E-state index < -0.39 is 5.60 Å². The van der Waals surface area contributed by atoms with E-state index in [2.05, 4.69) is 5.16 Å². The smallest absolute Gasteiger partial charge is 0.223 e. The van der Waals surface area contributed by atoms with Crippen LogP contribution >= 0.6 is 0 Å². The van der Waals surface area contributed by atoms with Crippen molar-refractivity contribution in [3.05, 3.63) is 53.4 Å². The summed E-state index contributed by atoms with van der Waals surface area (Å²) in [6, 6.07) is 9.94. The summed E-state index contributed by atoms with van der Waals surface area (Å²) in [4.78, 5) is 14.3. The Kier molecular flexibility index (Phi) is 5.50. The molecule has 1 amide bonds. The molecular weight excluding hydrogens is 320 g/mol. The third kappa shape index (κ3) is 4.46. The molecule has 25 heavy (non-hydrogen) atoms. The molecule has 134 valence electrons. The van der Waals surface area contributed by atoms with Gasteiger partial charge in [-0.15, -0.1) is 0 Å². The monoisotopic (exact) mass is 344 g/mol. The zero-order chi connectivity index (χ0) is 17.7. The Balaban J connectivity index is 1.62. The highest BCUT2D eigenvalue weighted by Crippen LogP contribution is 2.24. The molecule has 6 heteroatoms. The Labute approximate surface area is 147 Å². The quantitative estimate of drug-likeness (QED) is 0.864. The van der Waals surface area contributed by atoms with Gasteiger partial charge in [0.15, 0.2) is 0 Å². The zero-order valence-electron chi connectivity index (χ0n) is 14.5. The lowest BCUT2D eigenvalue weighted by molar-refractivity contribution is -0.158. The second-order valence-electron chi connectivity index (χ2n) is 6.65. The fraction of sp³-hybridized carbons (Fsp3) is 0.474. The molecule has 1 aromatic heterocycles. The number of morpholine rings is 1. The van der Waals surface area contributed by atoms with Gasteiger partial charge in [-0.05, 0) is 12.5 Å². The Morgan fingerprint density at radius 3 is 2.80 bits per heavy atom. The first kappa shape index (κ1) is 17.6. The number of benzene rings is 1. The van der Waals surface area contributed by atoms with Gasteiger partial charge in [0.25, 0.3) is 0 Å². The number of carbonyl (C=O) groups excluding carboxylic acids is 1. The van der Waals surface area contributed by atoms with E-state index in [0.29, 0.717) is 44.7 Å². The molecule has 1 fully saturated rings. The minimum Gasteiger partial charge on any atom is -0.393 e. The van der Waals surface area contributed by atoms with Gasteiger partial charge in [-0.3, -0.25) is 4.79 Å².